The van der Waals surface area contributed by atoms with Crippen molar-refractivity contribution in [2.75, 3.05) is 5.73 Å². The molecule has 0 fully saturated rings. The van der Waals surface area contributed by atoms with E-state index >= 15 is 0 Å². The van der Waals surface area contributed by atoms with Gasteiger partial charge in [-0.3, -0.25) is 5.41 Å². The zero-order valence-corrected chi connectivity index (χ0v) is 7.70. The molecule has 0 aliphatic heterocycles. The van der Waals surface area contributed by atoms with Crippen LogP contribution >= 0.6 is 0 Å². The number of nitrogens with zero attached hydrogens (tertiary/aromatic N) is 2. The highest BCUT2D eigenvalue weighted by Crippen LogP contribution is 2.20. The molecule has 0 radical (unpaired) electrons. The van der Waals surface area contributed by atoms with E-state index in [1.807, 2.05) is 13.0 Å². The topological polar surface area (TPSA) is 74.6 Å². The third-order valence-electron chi connectivity index (χ3n) is 1.53. The van der Waals surface area contributed by atoms with Gasteiger partial charge >= 0.3 is 0 Å². The van der Waals surface area contributed by atoms with Crippen molar-refractivity contribution in [1.29, 1.82) is 5.41 Å². The number of hydrogen-bond donors (Lipinski definition) is 2. The standard InChI is InChI=1S/C9H12N4/c1-6-5-8(11)3-4-9(6)13-12-7(2)10/h3-5,10H,11H2,1-2H3. The molecule has 0 aliphatic rings. The van der Waals surface area contributed by atoms with E-state index in [-0.39, 0.29) is 5.84 Å². The Balaban J connectivity index is 2.96. The molecule has 0 aromatic heterocycles. The molecule has 1 aromatic rings. The number of amidine groups is 1. The molecule has 0 spiro atoms. The van der Waals surface area contributed by atoms with Crippen LogP contribution in [0.2, 0.25) is 0 Å². The van der Waals surface area contributed by atoms with E-state index in [4.69, 9.17) is 11.1 Å². The maximum Gasteiger partial charge on any atom is 0.140 e. The number of aryl methyl sites for hydroxylation is 1. The second-order valence-electron chi connectivity index (χ2n) is 2.83. The van der Waals surface area contributed by atoms with Crippen LogP contribution in [0.4, 0.5) is 11.4 Å². The second kappa shape index (κ2) is 3.80. The summed E-state index contributed by atoms with van der Waals surface area (Å²) in [7, 11) is 0. The molecule has 1 rings (SSSR count). The summed E-state index contributed by atoms with van der Waals surface area (Å²) in [5.74, 6) is 0.191. The number of azo groups is 1. The van der Waals surface area contributed by atoms with Gasteiger partial charge in [-0.25, -0.2) is 0 Å². The Bertz CT molecular complexity index is 355. The molecule has 68 valence electrons. The quantitative estimate of drug-likeness (QED) is 0.293. The van der Waals surface area contributed by atoms with Crippen LogP contribution in [0, 0.1) is 12.3 Å². The number of hydrogen-bond acceptors (Lipinski definition) is 3. The van der Waals surface area contributed by atoms with E-state index in [2.05, 4.69) is 10.2 Å². The lowest BCUT2D eigenvalue weighted by molar-refractivity contribution is 1.21. The van der Waals surface area contributed by atoms with Crippen LogP contribution in [0.25, 0.3) is 0 Å². The monoisotopic (exact) mass is 176 g/mol. The average molecular weight is 176 g/mol. The smallest absolute Gasteiger partial charge is 0.140 e. The van der Waals surface area contributed by atoms with Crippen molar-refractivity contribution >= 4 is 17.2 Å². The highest BCUT2D eigenvalue weighted by Gasteiger charge is 1.95. The first-order valence-corrected chi connectivity index (χ1v) is 3.92. The van der Waals surface area contributed by atoms with Crippen LogP contribution in [0.1, 0.15) is 12.5 Å². The molecule has 3 N–H and O–H groups in total. The zero-order chi connectivity index (χ0) is 9.84. The van der Waals surface area contributed by atoms with Crippen LogP contribution < -0.4 is 5.73 Å². The summed E-state index contributed by atoms with van der Waals surface area (Å²) in [4.78, 5) is 0. The summed E-state index contributed by atoms with van der Waals surface area (Å²) >= 11 is 0. The SMILES string of the molecule is CC(=N)N=Nc1ccc(N)cc1C. The Kier molecular flexibility index (Phi) is 2.74. The summed E-state index contributed by atoms with van der Waals surface area (Å²) in [5, 5.41) is 14.6. The minimum absolute atomic E-state index is 0.191. The maximum atomic E-state index is 7.07. The highest BCUT2D eigenvalue weighted by atomic mass is 15.1. The number of rotatable bonds is 1. The fourth-order valence-electron chi connectivity index (χ4n) is 0.920. The minimum Gasteiger partial charge on any atom is -0.399 e. The first-order chi connectivity index (χ1) is 6.09. The normalized spacial score (nSPS) is 10.6. The first-order valence-electron chi connectivity index (χ1n) is 3.92. The number of nitrogens with two attached hydrogens (primary N) is 1. The van der Waals surface area contributed by atoms with Crippen LogP contribution in [0.5, 0.6) is 0 Å². The summed E-state index contributed by atoms with van der Waals surface area (Å²) < 4.78 is 0. The summed E-state index contributed by atoms with van der Waals surface area (Å²) in [5.41, 5.74) is 7.99. The summed E-state index contributed by atoms with van der Waals surface area (Å²) in [6, 6.07) is 5.38. The Morgan fingerprint density at radius 1 is 1.46 bits per heavy atom. The van der Waals surface area contributed by atoms with E-state index in [0.29, 0.717) is 5.69 Å². The van der Waals surface area contributed by atoms with Crippen LogP contribution in [-0.4, -0.2) is 5.84 Å². The molecule has 4 heteroatoms. The molecule has 4 nitrogen and oxygen atoms in total. The zero-order valence-electron chi connectivity index (χ0n) is 7.70. The van der Waals surface area contributed by atoms with E-state index in [9.17, 15) is 0 Å². The van der Waals surface area contributed by atoms with E-state index in [1.54, 1.807) is 19.1 Å². The maximum absolute atomic E-state index is 7.07. The third-order valence-corrected chi connectivity index (χ3v) is 1.53. The average Bonchev–Trinajstić information content (AvgIpc) is 2.02. The van der Waals surface area contributed by atoms with Gasteiger partial charge in [0.25, 0.3) is 0 Å². The Labute approximate surface area is 77.0 Å². The number of benzene rings is 1. The van der Waals surface area contributed by atoms with Gasteiger partial charge in [0.05, 0.1) is 5.69 Å². The van der Waals surface area contributed by atoms with Crippen LogP contribution in [0.15, 0.2) is 28.4 Å². The molecule has 0 bridgehead atoms. The molecule has 0 saturated carbocycles. The van der Waals surface area contributed by atoms with E-state index in [0.717, 1.165) is 11.3 Å². The summed E-state index contributed by atoms with van der Waals surface area (Å²) in [6.07, 6.45) is 0. The number of nitrogen functional groups attached to an aromatic ring is 1. The first kappa shape index (κ1) is 9.38. The van der Waals surface area contributed by atoms with Gasteiger partial charge in [-0.2, -0.15) is 0 Å². The van der Waals surface area contributed by atoms with Crippen molar-refractivity contribution in [2.45, 2.75) is 13.8 Å². The molecule has 1 aromatic carbocycles. The Morgan fingerprint density at radius 3 is 2.69 bits per heavy atom. The van der Waals surface area contributed by atoms with Gasteiger partial charge < -0.3 is 5.73 Å². The van der Waals surface area contributed by atoms with Gasteiger partial charge in [-0.15, -0.1) is 10.2 Å². The molecule has 0 saturated heterocycles. The fraction of sp³-hybridized carbons (Fsp3) is 0.222. The van der Waals surface area contributed by atoms with Crippen LogP contribution in [-0.2, 0) is 0 Å². The van der Waals surface area contributed by atoms with Gasteiger partial charge in [-0.05, 0) is 37.6 Å². The highest BCUT2D eigenvalue weighted by molar-refractivity contribution is 5.76. The summed E-state index contributed by atoms with van der Waals surface area (Å²) in [6.45, 7) is 3.49. The lowest BCUT2D eigenvalue weighted by Gasteiger charge is -1.99. The molecule has 0 unspecified atom stereocenters. The van der Waals surface area contributed by atoms with E-state index < -0.39 is 0 Å². The molecular weight excluding hydrogens is 164 g/mol. The lowest BCUT2D eigenvalue weighted by Crippen LogP contribution is -1.85. The molecule has 0 heterocycles. The largest absolute Gasteiger partial charge is 0.399 e. The lowest BCUT2D eigenvalue weighted by atomic mass is 10.2. The molecular formula is C9H12N4. The molecule has 0 atom stereocenters. The van der Waals surface area contributed by atoms with Crippen molar-refractivity contribution in [3.05, 3.63) is 23.8 Å². The van der Waals surface area contributed by atoms with Crippen molar-refractivity contribution in [3.8, 4) is 0 Å². The van der Waals surface area contributed by atoms with Crippen molar-refractivity contribution < 1.29 is 0 Å². The molecule has 0 amide bonds. The van der Waals surface area contributed by atoms with Crippen molar-refractivity contribution in [2.24, 2.45) is 10.2 Å². The molecule has 0 aliphatic carbocycles. The van der Waals surface area contributed by atoms with Gasteiger partial charge in [0.15, 0.2) is 0 Å². The third kappa shape index (κ3) is 2.66. The Hall–Kier alpha value is -1.71. The Morgan fingerprint density at radius 2 is 2.15 bits per heavy atom. The van der Waals surface area contributed by atoms with Gasteiger partial charge in [0, 0.05) is 5.69 Å². The van der Waals surface area contributed by atoms with Crippen LogP contribution in [0.3, 0.4) is 0 Å². The number of anilines is 1. The van der Waals surface area contributed by atoms with Crippen molar-refractivity contribution in [1.82, 2.24) is 0 Å². The van der Waals surface area contributed by atoms with Crippen molar-refractivity contribution in [3.63, 3.8) is 0 Å². The fourth-order valence-corrected chi connectivity index (χ4v) is 0.920. The van der Waals surface area contributed by atoms with Gasteiger partial charge in [-0.1, -0.05) is 0 Å². The van der Waals surface area contributed by atoms with E-state index in [1.165, 1.54) is 0 Å². The second-order valence-corrected chi connectivity index (χ2v) is 2.83. The predicted octanol–water partition coefficient (Wildman–Crippen LogP) is 2.66. The van der Waals surface area contributed by atoms with Gasteiger partial charge in [0.1, 0.15) is 5.84 Å². The predicted molar refractivity (Wildman–Crippen MR) is 53.5 cm³/mol. The molecule has 13 heavy (non-hydrogen) atoms. The minimum atomic E-state index is 0.191. The van der Waals surface area contributed by atoms with Gasteiger partial charge in [0.2, 0.25) is 0 Å². The number of nitrogens with one attached hydrogen (secondary N) is 1.